The van der Waals surface area contributed by atoms with Crippen molar-refractivity contribution in [3.05, 3.63) is 65.4 Å². The molecule has 0 amide bonds. The van der Waals surface area contributed by atoms with E-state index < -0.39 is 0 Å². The van der Waals surface area contributed by atoms with E-state index >= 15 is 0 Å². The van der Waals surface area contributed by atoms with Crippen LogP contribution in [0.25, 0.3) is 5.65 Å². The van der Waals surface area contributed by atoms with E-state index in [-0.39, 0.29) is 30.5 Å². The zero-order chi connectivity index (χ0) is 19.4. The maximum atomic E-state index is 13.2. The first-order valence-electron chi connectivity index (χ1n) is 9.05. The number of aryl methyl sites for hydroxylation is 1. The Labute approximate surface area is 157 Å². The monoisotopic (exact) mass is 370 g/mol. The van der Waals surface area contributed by atoms with Crippen molar-refractivity contribution in [3.8, 4) is 5.75 Å². The van der Waals surface area contributed by atoms with E-state index in [1.54, 1.807) is 29.7 Å². The number of rotatable bonds is 8. The van der Waals surface area contributed by atoms with Crippen molar-refractivity contribution >= 4 is 11.4 Å². The highest BCUT2D eigenvalue weighted by Gasteiger charge is 2.23. The Balaban J connectivity index is 1.93. The highest BCUT2D eigenvalue weighted by atomic mass is 19.1. The van der Waals surface area contributed by atoms with Crippen LogP contribution in [0.3, 0.4) is 0 Å². The predicted molar refractivity (Wildman–Crippen MR) is 101 cm³/mol. The van der Waals surface area contributed by atoms with Gasteiger partial charge in [-0.25, -0.2) is 9.37 Å². The van der Waals surface area contributed by atoms with Gasteiger partial charge >= 0.3 is 0 Å². The van der Waals surface area contributed by atoms with Gasteiger partial charge in [0.1, 0.15) is 11.5 Å². The van der Waals surface area contributed by atoms with Gasteiger partial charge in [-0.2, -0.15) is 0 Å². The molecule has 5 nitrogen and oxygen atoms in total. The van der Waals surface area contributed by atoms with Crippen LogP contribution < -0.4 is 4.74 Å². The summed E-state index contributed by atoms with van der Waals surface area (Å²) in [6.45, 7) is 4.16. The third-order valence-corrected chi connectivity index (χ3v) is 4.60. The van der Waals surface area contributed by atoms with E-state index in [1.165, 1.54) is 12.1 Å². The number of benzene rings is 1. The number of halogens is 1. The van der Waals surface area contributed by atoms with Crippen LogP contribution in [0.4, 0.5) is 4.39 Å². The van der Waals surface area contributed by atoms with E-state index in [0.717, 1.165) is 5.56 Å². The van der Waals surface area contributed by atoms with Crippen molar-refractivity contribution in [1.82, 2.24) is 9.38 Å². The highest BCUT2D eigenvalue weighted by molar-refractivity contribution is 5.97. The lowest BCUT2D eigenvalue weighted by atomic mass is 9.90. The first-order chi connectivity index (χ1) is 13.0. The second-order valence-corrected chi connectivity index (χ2v) is 6.43. The van der Waals surface area contributed by atoms with Gasteiger partial charge in [-0.1, -0.05) is 12.1 Å². The SMILES string of the molecule is CCOc1cccn2c(C(=O)C[C@H](CCO)c3ccc(F)cc3)c(C)nc12. The van der Waals surface area contributed by atoms with Gasteiger partial charge in [0.25, 0.3) is 0 Å². The molecule has 0 spiro atoms. The summed E-state index contributed by atoms with van der Waals surface area (Å²) in [5.41, 5.74) is 2.59. The zero-order valence-corrected chi connectivity index (χ0v) is 15.5. The summed E-state index contributed by atoms with van der Waals surface area (Å²) in [6.07, 6.45) is 2.43. The molecule has 2 heterocycles. The van der Waals surface area contributed by atoms with Crippen molar-refractivity contribution in [3.63, 3.8) is 0 Å². The number of ether oxygens (including phenoxy) is 1. The fraction of sp³-hybridized carbons (Fsp3) is 0.333. The molecule has 6 heteroatoms. The van der Waals surface area contributed by atoms with Crippen LogP contribution >= 0.6 is 0 Å². The lowest BCUT2D eigenvalue weighted by Gasteiger charge is -2.16. The summed E-state index contributed by atoms with van der Waals surface area (Å²) in [7, 11) is 0. The van der Waals surface area contributed by atoms with Gasteiger partial charge in [-0.3, -0.25) is 9.20 Å². The highest BCUT2D eigenvalue weighted by Crippen LogP contribution is 2.28. The number of aliphatic hydroxyl groups is 1. The fourth-order valence-corrected chi connectivity index (χ4v) is 3.36. The molecule has 2 aromatic heterocycles. The standard InChI is InChI=1S/C21H23FN2O3/c1-3-27-19-5-4-11-24-20(14(2)23-21(19)24)18(26)13-16(10-12-25)15-6-8-17(22)9-7-15/h4-9,11,16,25H,3,10,12-13H2,1-2H3/t16-/m0/s1. The van der Waals surface area contributed by atoms with E-state index in [0.29, 0.717) is 35.8 Å². The molecular formula is C21H23FN2O3. The first kappa shape index (κ1) is 19.0. The minimum Gasteiger partial charge on any atom is -0.490 e. The lowest BCUT2D eigenvalue weighted by molar-refractivity contribution is 0.0963. The Bertz CT molecular complexity index is 934. The number of fused-ring (bicyclic) bond motifs is 1. The molecule has 3 rings (SSSR count). The maximum absolute atomic E-state index is 13.2. The quantitative estimate of drug-likeness (QED) is 0.611. The Kier molecular flexibility index (Phi) is 5.86. The van der Waals surface area contributed by atoms with Gasteiger partial charge in [0.2, 0.25) is 0 Å². The lowest BCUT2D eigenvalue weighted by Crippen LogP contribution is -2.12. The van der Waals surface area contributed by atoms with Gasteiger partial charge < -0.3 is 9.84 Å². The van der Waals surface area contributed by atoms with E-state index in [1.807, 2.05) is 19.1 Å². The van der Waals surface area contributed by atoms with Crippen LogP contribution in [0, 0.1) is 12.7 Å². The van der Waals surface area contributed by atoms with Gasteiger partial charge in [-0.05, 0) is 56.0 Å². The molecule has 0 radical (unpaired) electrons. The Morgan fingerprint density at radius 3 is 2.70 bits per heavy atom. The van der Waals surface area contributed by atoms with Crippen molar-refractivity contribution in [2.24, 2.45) is 0 Å². The molecular weight excluding hydrogens is 347 g/mol. The van der Waals surface area contributed by atoms with Crippen LogP contribution in [-0.2, 0) is 0 Å². The molecule has 3 aromatic rings. The third-order valence-electron chi connectivity index (χ3n) is 4.60. The zero-order valence-electron chi connectivity index (χ0n) is 15.5. The van der Waals surface area contributed by atoms with Crippen LogP contribution in [0.2, 0.25) is 0 Å². The maximum Gasteiger partial charge on any atom is 0.182 e. The summed E-state index contributed by atoms with van der Waals surface area (Å²) in [5, 5.41) is 9.40. The van der Waals surface area contributed by atoms with E-state index in [4.69, 9.17) is 4.74 Å². The van der Waals surface area contributed by atoms with Crippen LogP contribution in [0.5, 0.6) is 5.75 Å². The summed E-state index contributed by atoms with van der Waals surface area (Å²) in [4.78, 5) is 17.6. The van der Waals surface area contributed by atoms with Crippen LogP contribution in [0.1, 0.15) is 47.4 Å². The fourth-order valence-electron chi connectivity index (χ4n) is 3.36. The number of aliphatic hydroxyl groups excluding tert-OH is 1. The molecule has 0 saturated heterocycles. The molecule has 0 unspecified atom stereocenters. The predicted octanol–water partition coefficient (Wildman–Crippen LogP) is 3.92. The molecule has 142 valence electrons. The molecule has 0 bridgehead atoms. The second-order valence-electron chi connectivity index (χ2n) is 6.43. The minimum atomic E-state index is -0.325. The van der Waals surface area contributed by atoms with E-state index in [9.17, 15) is 14.3 Å². The average molecular weight is 370 g/mol. The van der Waals surface area contributed by atoms with Crippen molar-refractivity contribution in [1.29, 1.82) is 0 Å². The number of aromatic nitrogens is 2. The Hall–Kier alpha value is -2.73. The number of ketones is 1. The average Bonchev–Trinajstić information content (AvgIpc) is 2.99. The largest absolute Gasteiger partial charge is 0.490 e. The molecule has 0 aliphatic heterocycles. The van der Waals surface area contributed by atoms with Crippen molar-refractivity contribution < 1.29 is 19.0 Å². The molecule has 0 saturated carbocycles. The normalized spacial score (nSPS) is 12.3. The summed E-state index contributed by atoms with van der Waals surface area (Å²) in [5.74, 6) is 0.0426. The summed E-state index contributed by atoms with van der Waals surface area (Å²) < 4.78 is 20.6. The van der Waals surface area contributed by atoms with Gasteiger partial charge in [-0.15, -0.1) is 0 Å². The number of hydrogen-bond acceptors (Lipinski definition) is 4. The van der Waals surface area contributed by atoms with Crippen molar-refractivity contribution in [2.45, 2.75) is 32.6 Å². The number of carbonyl (C=O) groups is 1. The Morgan fingerprint density at radius 1 is 1.30 bits per heavy atom. The number of nitrogens with zero attached hydrogens (tertiary/aromatic N) is 2. The van der Waals surface area contributed by atoms with Gasteiger partial charge in [0.05, 0.1) is 12.3 Å². The molecule has 0 aliphatic rings. The molecule has 27 heavy (non-hydrogen) atoms. The smallest absolute Gasteiger partial charge is 0.182 e. The molecule has 0 aliphatic carbocycles. The summed E-state index contributed by atoms with van der Waals surface area (Å²) in [6, 6.07) is 9.72. The molecule has 0 fully saturated rings. The van der Waals surface area contributed by atoms with E-state index in [2.05, 4.69) is 4.98 Å². The van der Waals surface area contributed by atoms with Crippen LogP contribution in [0.15, 0.2) is 42.6 Å². The van der Waals surface area contributed by atoms with Crippen molar-refractivity contribution in [2.75, 3.05) is 13.2 Å². The topological polar surface area (TPSA) is 63.8 Å². The number of carbonyl (C=O) groups excluding carboxylic acids is 1. The first-order valence-corrected chi connectivity index (χ1v) is 9.05. The number of imidazole rings is 1. The molecule has 1 N–H and O–H groups in total. The van der Waals surface area contributed by atoms with Gasteiger partial charge in [0, 0.05) is 19.2 Å². The second kappa shape index (κ2) is 8.31. The van der Waals surface area contributed by atoms with Gasteiger partial charge in [0.15, 0.2) is 17.2 Å². The molecule has 1 atom stereocenters. The minimum absolute atomic E-state index is 0.0457. The third kappa shape index (κ3) is 4.01. The Morgan fingerprint density at radius 2 is 2.04 bits per heavy atom. The number of hydrogen-bond donors (Lipinski definition) is 1. The number of Topliss-reactive ketones (excluding diaryl/α,β-unsaturated/α-hetero) is 1. The summed E-state index contributed by atoms with van der Waals surface area (Å²) >= 11 is 0. The molecule has 1 aromatic carbocycles. The van der Waals surface area contributed by atoms with Crippen LogP contribution in [-0.4, -0.2) is 33.5 Å². The number of pyridine rings is 1.